The van der Waals surface area contributed by atoms with E-state index in [9.17, 15) is 13.2 Å². The molecule has 2 heterocycles. The van der Waals surface area contributed by atoms with Crippen molar-refractivity contribution in [1.82, 2.24) is 9.21 Å². The van der Waals surface area contributed by atoms with E-state index in [1.165, 1.54) is 4.31 Å². The molecule has 2 aromatic carbocycles. The average molecular weight is 445 g/mol. The quantitative estimate of drug-likeness (QED) is 0.728. The molecule has 2 aromatic rings. The molecule has 0 bridgehead atoms. The highest BCUT2D eigenvalue weighted by Gasteiger charge is 2.35. The van der Waals surface area contributed by atoms with E-state index in [4.69, 9.17) is 9.47 Å². The Bertz CT molecular complexity index is 1050. The van der Waals surface area contributed by atoms with E-state index in [1.54, 1.807) is 29.2 Å². The topological polar surface area (TPSA) is 76.2 Å². The summed E-state index contributed by atoms with van der Waals surface area (Å²) in [6.07, 6.45) is -0.719. The van der Waals surface area contributed by atoms with Crippen molar-refractivity contribution in [1.29, 1.82) is 0 Å². The highest BCUT2D eigenvalue weighted by atomic mass is 32.2. The second-order valence-corrected chi connectivity index (χ2v) is 10.8. The van der Waals surface area contributed by atoms with Crippen LogP contribution in [-0.4, -0.2) is 62.4 Å². The number of fused-ring (bicyclic) bond motifs is 1. The Morgan fingerprint density at radius 3 is 2.16 bits per heavy atom. The Morgan fingerprint density at radius 1 is 0.935 bits per heavy atom. The number of carbonyl (C=O) groups is 1. The number of benzene rings is 2. The van der Waals surface area contributed by atoms with Crippen LogP contribution in [0.2, 0.25) is 0 Å². The zero-order valence-corrected chi connectivity index (χ0v) is 18.9. The van der Waals surface area contributed by atoms with Gasteiger partial charge in [0.2, 0.25) is 16.1 Å². The van der Waals surface area contributed by atoms with E-state index < -0.39 is 16.1 Å². The van der Waals surface area contributed by atoms with E-state index in [0.717, 1.165) is 5.56 Å². The van der Waals surface area contributed by atoms with Crippen LogP contribution in [0.15, 0.2) is 53.4 Å². The van der Waals surface area contributed by atoms with Crippen molar-refractivity contribution in [3.8, 4) is 11.5 Å². The summed E-state index contributed by atoms with van der Waals surface area (Å²) in [4.78, 5) is 14.8. The van der Waals surface area contributed by atoms with Crippen LogP contribution in [0.5, 0.6) is 11.5 Å². The van der Waals surface area contributed by atoms with E-state index in [0.29, 0.717) is 24.6 Å². The zero-order chi connectivity index (χ0) is 22.2. The third-order valence-corrected chi connectivity index (χ3v) is 7.61. The van der Waals surface area contributed by atoms with Gasteiger partial charge in [0.05, 0.1) is 4.90 Å². The van der Waals surface area contributed by atoms with Gasteiger partial charge in [-0.1, -0.05) is 45.0 Å². The number of ether oxygens (including phenoxy) is 2. The second-order valence-electron chi connectivity index (χ2n) is 8.87. The van der Waals surface area contributed by atoms with E-state index >= 15 is 0 Å². The Balaban J connectivity index is 1.38. The fraction of sp³-hybridized carbons (Fsp3) is 0.435. The van der Waals surface area contributed by atoms with E-state index in [-0.39, 0.29) is 35.9 Å². The normalized spacial score (nSPS) is 19.8. The second kappa shape index (κ2) is 8.16. The molecule has 7 nitrogen and oxygen atoms in total. The van der Waals surface area contributed by atoms with Gasteiger partial charge in [0.1, 0.15) is 6.61 Å². The Hall–Kier alpha value is -2.58. The van der Waals surface area contributed by atoms with Gasteiger partial charge in [-0.2, -0.15) is 4.31 Å². The summed E-state index contributed by atoms with van der Waals surface area (Å²) in [6, 6.07) is 14.3. The summed E-state index contributed by atoms with van der Waals surface area (Å²) < 4.78 is 39.0. The summed E-state index contributed by atoms with van der Waals surface area (Å²) in [7, 11) is -3.60. The molecule has 1 saturated heterocycles. The van der Waals surface area contributed by atoms with Crippen molar-refractivity contribution in [3.63, 3.8) is 0 Å². The van der Waals surface area contributed by atoms with Crippen molar-refractivity contribution in [2.45, 2.75) is 37.2 Å². The number of nitrogens with zero attached hydrogens (tertiary/aromatic N) is 2. The molecule has 2 aliphatic heterocycles. The highest BCUT2D eigenvalue weighted by molar-refractivity contribution is 7.89. The van der Waals surface area contributed by atoms with Crippen molar-refractivity contribution in [2.75, 3.05) is 32.8 Å². The van der Waals surface area contributed by atoms with Crippen LogP contribution in [0.25, 0.3) is 0 Å². The number of hydrogen-bond acceptors (Lipinski definition) is 5. The van der Waals surface area contributed by atoms with Gasteiger partial charge in [-0.25, -0.2) is 8.42 Å². The minimum absolute atomic E-state index is 0.0420. The van der Waals surface area contributed by atoms with Crippen LogP contribution < -0.4 is 9.47 Å². The maximum atomic E-state index is 13.0. The summed E-state index contributed by atoms with van der Waals surface area (Å²) in [5.41, 5.74) is 1.04. The molecule has 0 aromatic heterocycles. The standard InChI is InChI=1S/C23H28N2O5S/c1-23(2,3)17-8-10-18(11-9-17)31(27,28)25-14-12-24(13-15-25)22(26)21-16-29-19-6-4-5-7-20(19)30-21/h4-11,21H,12-16H2,1-3H3. The molecule has 1 fully saturated rings. The lowest BCUT2D eigenvalue weighted by atomic mass is 9.87. The van der Waals surface area contributed by atoms with Gasteiger partial charge in [0, 0.05) is 26.2 Å². The van der Waals surface area contributed by atoms with Crippen LogP contribution >= 0.6 is 0 Å². The molecule has 0 aliphatic carbocycles. The van der Waals surface area contributed by atoms with Crippen LogP contribution in [-0.2, 0) is 20.2 Å². The molecule has 166 valence electrons. The summed E-state index contributed by atoms with van der Waals surface area (Å²) in [5.74, 6) is 0.994. The lowest BCUT2D eigenvalue weighted by Crippen LogP contribution is -2.55. The molecule has 1 atom stereocenters. The molecular formula is C23H28N2O5S. The first kappa shape index (κ1) is 21.6. The van der Waals surface area contributed by atoms with Gasteiger partial charge in [-0.15, -0.1) is 0 Å². The minimum Gasteiger partial charge on any atom is -0.485 e. The molecule has 0 spiro atoms. The smallest absolute Gasteiger partial charge is 0.267 e. The lowest BCUT2D eigenvalue weighted by molar-refractivity contribution is -0.142. The Morgan fingerprint density at radius 2 is 1.55 bits per heavy atom. The van der Waals surface area contributed by atoms with Crippen LogP contribution in [0.3, 0.4) is 0 Å². The first-order valence-corrected chi connectivity index (χ1v) is 11.9. The van der Waals surface area contributed by atoms with Gasteiger partial charge in [-0.05, 0) is 35.2 Å². The largest absolute Gasteiger partial charge is 0.485 e. The zero-order valence-electron chi connectivity index (χ0n) is 18.1. The molecule has 31 heavy (non-hydrogen) atoms. The molecule has 0 radical (unpaired) electrons. The number of sulfonamides is 1. The summed E-state index contributed by atoms with van der Waals surface area (Å²) in [6.45, 7) is 7.55. The molecular weight excluding hydrogens is 416 g/mol. The van der Waals surface area contributed by atoms with Gasteiger partial charge in [0.15, 0.2) is 11.5 Å². The van der Waals surface area contributed by atoms with Gasteiger partial charge >= 0.3 is 0 Å². The molecule has 4 rings (SSSR count). The predicted molar refractivity (Wildman–Crippen MR) is 117 cm³/mol. The number of rotatable bonds is 3. The van der Waals surface area contributed by atoms with Crippen molar-refractivity contribution >= 4 is 15.9 Å². The third-order valence-electron chi connectivity index (χ3n) is 5.69. The van der Waals surface area contributed by atoms with Gasteiger partial charge in [0.25, 0.3) is 5.91 Å². The molecule has 0 N–H and O–H groups in total. The van der Waals surface area contributed by atoms with Gasteiger partial charge < -0.3 is 14.4 Å². The van der Waals surface area contributed by atoms with E-state index in [1.807, 2.05) is 24.3 Å². The van der Waals surface area contributed by atoms with Crippen LogP contribution in [0, 0.1) is 0 Å². The fourth-order valence-corrected chi connectivity index (χ4v) is 5.19. The minimum atomic E-state index is -3.60. The maximum Gasteiger partial charge on any atom is 0.267 e. The lowest BCUT2D eigenvalue weighted by Gasteiger charge is -2.36. The number of para-hydroxylation sites is 2. The molecule has 0 saturated carbocycles. The maximum absolute atomic E-state index is 13.0. The number of amides is 1. The predicted octanol–water partition coefficient (Wildman–Crippen LogP) is 2.66. The molecule has 8 heteroatoms. The van der Waals surface area contributed by atoms with Crippen LogP contribution in [0.4, 0.5) is 0 Å². The SMILES string of the molecule is CC(C)(C)c1ccc(S(=O)(=O)N2CCN(C(=O)C3COc4ccccc4O3)CC2)cc1. The number of hydrogen-bond donors (Lipinski definition) is 0. The fourth-order valence-electron chi connectivity index (χ4n) is 3.77. The Labute approximate surface area is 183 Å². The molecule has 1 amide bonds. The average Bonchev–Trinajstić information content (AvgIpc) is 2.78. The van der Waals surface area contributed by atoms with Crippen LogP contribution in [0.1, 0.15) is 26.3 Å². The van der Waals surface area contributed by atoms with E-state index in [2.05, 4.69) is 20.8 Å². The number of piperazine rings is 1. The molecule has 1 unspecified atom stereocenters. The number of carbonyl (C=O) groups excluding carboxylic acids is 1. The first-order valence-electron chi connectivity index (χ1n) is 10.4. The van der Waals surface area contributed by atoms with Crippen molar-refractivity contribution in [3.05, 3.63) is 54.1 Å². The highest BCUT2D eigenvalue weighted by Crippen LogP contribution is 2.31. The summed E-state index contributed by atoms with van der Waals surface area (Å²) >= 11 is 0. The van der Waals surface area contributed by atoms with Crippen molar-refractivity contribution in [2.24, 2.45) is 0 Å². The Kier molecular flexibility index (Phi) is 5.70. The molecule has 2 aliphatic rings. The first-order chi connectivity index (χ1) is 14.7. The monoisotopic (exact) mass is 444 g/mol. The van der Waals surface area contributed by atoms with Crippen molar-refractivity contribution < 1.29 is 22.7 Å². The van der Waals surface area contributed by atoms with Gasteiger partial charge in [-0.3, -0.25) is 4.79 Å². The summed E-state index contributed by atoms with van der Waals surface area (Å²) in [5, 5.41) is 0. The third kappa shape index (κ3) is 4.41.